The highest BCUT2D eigenvalue weighted by atomic mass is 19.4. The molecule has 6 heteroatoms. The molecule has 0 bridgehead atoms. The van der Waals surface area contributed by atoms with Crippen molar-refractivity contribution in [2.75, 3.05) is 0 Å². The van der Waals surface area contributed by atoms with Gasteiger partial charge in [0, 0.05) is 30.3 Å². The number of nitrogens with zero attached hydrogens (tertiary/aromatic N) is 1. The minimum Gasteiger partial charge on any atom is -0.352 e. The van der Waals surface area contributed by atoms with Crippen molar-refractivity contribution in [1.29, 1.82) is 0 Å². The lowest BCUT2D eigenvalue weighted by atomic mass is 9.87. The number of pyridine rings is 1. The van der Waals surface area contributed by atoms with Crippen LogP contribution in [0.4, 0.5) is 13.2 Å². The molecule has 0 aliphatic carbocycles. The van der Waals surface area contributed by atoms with Crippen LogP contribution in [0.3, 0.4) is 0 Å². The SMILES string of the molecule is O=C1CC[C@H]([C@@H](c2ccc(C(F)(F)F)cc2)c2ccccn2)N1. The number of benzene rings is 1. The zero-order valence-corrected chi connectivity index (χ0v) is 12.2. The summed E-state index contributed by atoms with van der Waals surface area (Å²) in [5, 5.41) is 2.89. The molecule has 1 N–H and O–H groups in total. The summed E-state index contributed by atoms with van der Waals surface area (Å²) in [7, 11) is 0. The van der Waals surface area contributed by atoms with Gasteiger partial charge in [0.2, 0.25) is 5.91 Å². The molecule has 1 fully saturated rings. The second kappa shape index (κ2) is 6.02. The molecule has 0 radical (unpaired) electrons. The number of nitrogens with one attached hydrogen (secondary N) is 1. The molecule has 0 spiro atoms. The third kappa shape index (κ3) is 3.36. The van der Waals surface area contributed by atoms with E-state index in [-0.39, 0.29) is 17.9 Å². The number of amides is 1. The van der Waals surface area contributed by atoms with Gasteiger partial charge < -0.3 is 5.32 Å². The maximum Gasteiger partial charge on any atom is 0.416 e. The van der Waals surface area contributed by atoms with E-state index in [9.17, 15) is 18.0 Å². The Morgan fingerprint density at radius 2 is 1.87 bits per heavy atom. The monoisotopic (exact) mass is 320 g/mol. The van der Waals surface area contributed by atoms with Gasteiger partial charge in [-0.25, -0.2) is 0 Å². The van der Waals surface area contributed by atoms with E-state index in [2.05, 4.69) is 10.3 Å². The standard InChI is InChI=1S/C17H15F3N2O/c18-17(19,20)12-6-4-11(5-7-12)16(13-3-1-2-10-21-13)14-8-9-15(23)22-14/h1-7,10,14,16H,8-9H2,(H,22,23)/t14-,16+/m1/s1. The van der Waals surface area contributed by atoms with E-state index in [1.165, 1.54) is 12.1 Å². The summed E-state index contributed by atoms with van der Waals surface area (Å²) in [5.74, 6) is -0.298. The van der Waals surface area contributed by atoms with Gasteiger partial charge in [-0.2, -0.15) is 13.2 Å². The van der Waals surface area contributed by atoms with E-state index in [0.29, 0.717) is 18.4 Å². The largest absolute Gasteiger partial charge is 0.416 e. The van der Waals surface area contributed by atoms with Crippen molar-refractivity contribution in [2.24, 2.45) is 0 Å². The topological polar surface area (TPSA) is 42.0 Å². The fourth-order valence-corrected chi connectivity index (χ4v) is 2.94. The van der Waals surface area contributed by atoms with Crippen LogP contribution >= 0.6 is 0 Å². The van der Waals surface area contributed by atoms with Crippen LogP contribution in [0.15, 0.2) is 48.7 Å². The Balaban J connectivity index is 1.97. The first kappa shape index (κ1) is 15.5. The molecule has 0 unspecified atom stereocenters. The molecule has 1 aromatic carbocycles. The summed E-state index contributed by atoms with van der Waals surface area (Å²) in [4.78, 5) is 15.8. The van der Waals surface area contributed by atoms with Gasteiger partial charge in [-0.15, -0.1) is 0 Å². The van der Waals surface area contributed by atoms with Crippen LogP contribution in [0.25, 0.3) is 0 Å². The maximum absolute atomic E-state index is 12.7. The Labute approximate surface area is 131 Å². The van der Waals surface area contributed by atoms with Crippen LogP contribution in [0.1, 0.15) is 35.6 Å². The third-order valence-electron chi connectivity index (χ3n) is 4.03. The lowest BCUT2D eigenvalue weighted by Gasteiger charge is -2.24. The van der Waals surface area contributed by atoms with Gasteiger partial charge in [0.25, 0.3) is 0 Å². The highest BCUT2D eigenvalue weighted by molar-refractivity contribution is 5.78. The molecule has 1 saturated heterocycles. The second-order valence-corrected chi connectivity index (χ2v) is 5.56. The molecule has 1 aliphatic rings. The first-order valence-corrected chi connectivity index (χ1v) is 7.32. The predicted octanol–water partition coefficient (Wildman–Crippen LogP) is 3.51. The van der Waals surface area contributed by atoms with Crippen molar-refractivity contribution in [3.8, 4) is 0 Å². The number of alkyl halides is 3. The van der Waals surface area contributed by atoms with Gasteiger partial charge in [-0.3, -0.25) is 9.78 Å². The van der Waals surface area contributed by atoms with Crippen LogP contribution in [0, 0.1) is 0 Å². The van der Waals surface area contributed by atoms with Gasteiger partial charge in [-0.1, -0.05) is 18.2 Å². The summed E-state index contributed by atoms with van der Waals surface area (Å²) >= 11 is 0. The van der Waals surface area contributed by atoms with Crippen LogP contribution in [0.5, 0.6) is 0 Å². The van der Waals surface area contributed by atoms with Crippen molar-refractivity contribution in [1.82, 2.24) is 10.3 Å². The minimum atomic E-state index is -4.36. The van der Waals surface area contributed by atoms with Gasteiger partial charge >= 0.3 is 6.18 Å². The zero-order valence-electron chi connectivity index (χ0n) is 12.2. The van der Waals surface area contributed by atoms with E-state index < -0.39 is 11.7 Å². The van der Waals surface area contributed by atoms with Crippen molar-refractivity contribution in [2.45, 2.75) is 31.0 Å². The predicted molar refractivity (Wildman–Crippen MR) is 78.7 cm³/mol. The number of carbonyl (C=O) groups excluding carboxylic acids is 1. The Morgan fingerprint density at radius 1 is 1.13 bits per heavy atom. The van der Waals surface area contributed by atoms with E-state index in [1.807, 2.05) is 12.1 Å². The molecule has 23 heavy (non-hydrogen) atoms. The highest BCUT2D eigenvalue weighted by Gasteiger charge is 2.33. The third-order valence-corrected chi connectivity index (χ3v) is 4.03. The Hall–Kier alpha value is -2.37. The number of hydrogen-bond acceptors (Lipinski definition) is 2. The first-order valence-electron chi connectivity index (χ1n) is 7.32. The Bertz CT molecular complexity index is 683. The number of carbonyl (C=O) groups is 1. The molecular formula is C17H15F3N2O. The molecule has 1 amide bonds. The van der Waals surface area contributed by atoms with Crippen molar-refractivity contribution in [3.05, 3.63) is 65.5 Å². The van der Waals surface area contributed by atoms with E-state index in [4.69, 9.17) is 0 Å². The molecule has 1 aromatic heterocycles. The van der Waals surface area contributed by atoms with Crippen molar-refractivity contribution in [3.63, 3.8) is 0 Å². The summed E-state index contributed by atoms with van der Waals surface area (Å²) in [5.41, 5.74) is 0.764. The quantitative estimate of drug-likeness (QED) is 0.940. The van der Waals surface area contributed by atoms with Gasteiger partial charge in [0.1, 0.15) is 0 Å². The van der Waals surface area contributed by atoms with Gasteiger partial charge in [0.05, 0.1) is 5.56 Å². The zero-order chi connectivity index (χ0) is 16.4. The van der Waals surface area contributed by atoms with Crippen molar-refractivity contribution >= 4 is 5.91 Å². The first-order chi connectivity index (χ1) is 10.9. The van der Waals surface area contributed by atoms with Crippen molar-refractivity contribution < 1.29 is 18.0 Å². The number of aromatic nitrogens is 1. The van der Waals surface area contributed by atoms with Crippen LogP contribution in [-0.2, 0) is 11.0 Å². The van der Waals surface area contributed by atoms with E-state index in [0.717, 1.165) is 17.8 Å². The molecular weight excluding hydrogens is 305 g/mol. The normalized spacial score (nSPS) is 19.4. The maximum atomic E-state index is 12.7. The molecule has 2 aromatic rings. The lowest BCUT2D eigenvalue weighted by Crippen LogP contribution is -2.32. The van der Waals surface area contributed by atoms with Crippen LogP contribution in [-0.4, -0.2) is 16.9 Å². The number of hydrogen-bond donors (Lipinski definition) is 1. The molecule has 0 saturated carbocycles. The lowest BCUT2D eigenvalue weighted by molar-refractivity contribution is -0.137. The fourth-order valence-electron chi connectivity index (χ4n) is 2.94. The van der Waals surface area contributed by atoms with Gasteiger partial charge in [0.15, 0.2) is 0 Å². The molecule has 3 nitrogen and oxygen atoms in total. The number of halogens is 3. The highest BCUT2D eigenvalue weighted by Crippen LogP contribution is 2.34. The fraction of sp³-hybridized carbons (Fsp3) is 0.294. The minimum absolute atomic E-state index is 0.0390. The summed E-state index contributed by atoms with van der Waals surface area (Å²) in [6.45, 7) is 0. The average Bonchev–Trinajstić information content (AvgIpc) is 2.94. The Kier molecular flexibility index (Phi) is 4.07. The smallest absolute Gasteiger partial charge is 0.352 e. The number of rotatable bonds is 3. The van der Waals surface area contributed by atoms with E-state index in [1.54, 1.807) is 12.3 Å². The van der Waals surface area contributed by atoms with E-state index >= 15 is 0 Å². The van der Waals surface area contributed by atoms with Crippen LogP contribution in [0.2, 0.25) is 0 Å². The second-order valence-electron chi connectivity index (χ2n) is 5.56. The Morgan fingerprint density at radius 3 is 2.39 bits per heavy atom. The summed E-state index contributed by atoms with van der Waals surface area (Å²) in [6.07, 6.45) is -1.65. The molecule has 3 rings (SSSR count). The van der Waals surface area contributed by atoms with Gasteiger partial charge in [-0.05, 0) is 36.2 Å². The summed E-state index contributed by atoms with van der Waals surface area (Å²) in [6, 6.07) is 10.3. The molecule has 1 aliphatic heterocycles. The molecule has 120 valence electrons. The average molecular weight is 320 g/mol. The van der Waals surface area contributed by atoms with Crippen LogP contribution < -0.4 is 5.32 Å². The molecule has 2 atom stereocenters. The summed E-state index contributed by atoms with van der Waals surface area (Å²) < 4.78 is 38.2. The molecule has 2 heterocycles.